The Balaban J connectivity index is 1.48. The first kappa shape index (κ1) is 27.7. The highest BCUT2D eigenvalue weighted by molar-refractivity contribution is 6.10. The van der Waals surface area contributed by atoms with E-state index in [0.29, 0.717) is 19.7 Å². The highest BCUT2D eigenvalue weighted by atomic mass is 16.5. The molecule has 208 valence electrons. The zero-order valence-corrected chi connectivity index (χ0v) is 23.3. The van der Waals surface area contributed by atoms with Crippen molar-refractivity contribution >= 4 is 45.6 Å². The topological polar surface area (TPSA) is 65.6 Å². The number of hydrogen-bond donors (Lipinski definition) is 1. The lowest BCUT2D eigenvalue weighted by Gasteiger charge is -2.18. The van der Waals surface area contributed by atoms with Crippen LogP contribution in [0.4, 0.5) is 11.4 Å². The second kappa shape index (κ2) is 13.5. The predicted octanol–water partition coefficient (Wildman–Crippen LogP) is 6.65. The number of aliphatic hydroxyl groups excluding tert-OH is 1. The summed E-state index contributed by atoms with van der Waals surface area (Å²) in [6.45, 7) is 8.19. The number of anilines is 2. The van der Waals surface area contributed by atoms with E-state index in [2.05, 4.69) is 54.5 Å². The molecule has 0 atom stereocenters. The van der Waals surface area contributed by atoms with Crippen LogP contribution in [0.3, 0.4) is 0 Å². The summed E-state index contributed by atoms with van der Waals surface area (Å²) in [6.07, 6.45) is 5.20. The van der Waals surface area contributed by atoms with Gasteiger partial charge in [-0.15, -0.1) is 0 Å². The SMILES string of the molecule is C=COCCN(/N=C/c1ccc2c(c1)c1cc(/C=N/N(CCO)c3ccccc3)ccc1n2CC)c1ccccc1. The van der Waals surface area contributed by atoms with Gasteiger partial charge in [-0.25, -0.2) is 0 Å². The molecule has 7 heteroatoms. The molecule has 4 aromatic carbocycles. The van der Waals surface area contributed by atoms with Crippen LogP contribution < -0.4 is 10.0 Å². The van der Waals surface area contributed by atoms with Gasteiger partial charge in [0.2, 0.25) is 0 Å². The number of aromatic nitrogens is 1. The van der Waals surface area contributed by atoms with E-state index in [4.69, 9.17) is 14.9 Å². The van der Waals surface area contributed by atoms with Gasteiger partial charge in [0.1, 0.15) is 6.61 Å². The average Bonchev–Trinajstić information content (AvgIpc) is 3.34. The Bertz CT molecular complexity index is 1640. The third kappa shape index (κ3) is 6.48. The summed E-state index contributed by atoms with van der Waals surface area (Å²) >= 11 is 0. The molecule has 5 rings (SSSR count). The smallest absolute Gasteiger partial charge is 0.107 e. The van der Waals surface area contributed by atoms with E-state index in [0.717, 1.165) is 39.8 Å². The second-order valence-electron chi connectivity index (χ2n) is 9.47. The molecule has 7 nitrogen and oxygen atoms in total. The number of fused-ring (bicyclic) bond motifs is 3. The van der Waals surface area contributed by atoms with E-state index in [1.807, 2.05) is 83.1 Å². The van der Waals surface area contributed by atoms with Crippen LogP contribution in [0.1, 0.15) is 18.1 Å². The minimum Gasteiger partial charge on any atom is -0.500 e. The van der Waals surface area contributed by atoms with Crippen LogP contribution in [-0.2, 0) is 11.3 Å². The van der Waals surface area contributed by atoms with Gasteiger partial charge >= 0.3 is 0 Å². The Morgan fingerprint density at radius 1 is 0.756 bits per heavy atom. The quantitative estimate of drug-likeness (QED) is 0.0779. The van der Waals surface area contributed by atoms with Gasteiger partial charge in [-0.2, -0.15) is 10.2 Å². The fourth-order valence-electron chi connectivity index (χ4n) is 4.94. The third-order valence-electron chi connectivity index (χ3n) is 6.88. The standard InChI is InChI=1S/C34H35N5O2/c1-3-37-33-17-15-27(25-35-38(19-21-40)29-11-7-5-8-12-29)23-31(33)32-24-28(16-18-34(32)37)26-36-39(20-22-41-4-2)30-13-9-6-10-14-30/h4-18,23-26,40H,2-3,19-22H2,1H3/b35-25+,36-26+. The summed E-state index contributed by atoms with van der Waals surface area (Å²) in [7, 11) is 0. The molecule has 0 radical (unpaired) electrons. The lowest BCUT2D eigenvalue weighted by Crippen LogP contribution is -2.21. The highest BCUT2D eigenvalue weighted by Gasteiger charge is 2.11. The highest BCUT2D eigenvalue weighted by Crippen LogP contribution is 2.30. The van der Waals surface area contributed by atoms with Crippen LogP contribution >= 0.6 is 0 Å². The molecule has 0 aliphatic heterocycles. The first-order chi connectivity index (χ1) is 20.2. The van der Waals surface area contributed by atoms with Crippen molar-refractivity contribution in [1.82, 2.24) is 4.57 Å². The van der Waals surface area contributed by atoms with Crippen molar-refractivity contribution in [3.8, 4) is 0 Å². The third-order valence-corrected chi connectivity index (χ3v) is 6.88. The molecule has 0 unspecified atom stereocenters. The van der Waals surface area contributed by atoms with Gasteiger partial charge < -0.3 is 14.4 Å². The van der Waals surface area contributed by atoms with E-state index in [1.54, 1.807) is 0 Å². The van der Waals surface area contributed by atoms with Crippen molar-refractivity contribution in [2.75, 3.05) is 36.3 Å². The number of hydrazone groups is 2. The fraction of sp³-hybridized carbons (Fsp3) is 0.176. The van der Waals surface area contributed by atoms with Crippen molar-refractivity contribution in [3.63, 3.8) is 0 Å². The summed E-state index contributed by atoms with van der Waals surface area (Å²) < 4.78 is 7.69. The molecule has 0 spiro atoms. The molecule has 0 bridgehead atoms. The Hall–Kier alpha value is -4.88. The Morgan fingerprint density at radius 3 is 1.73 bits per heavy atom. The predicted molar refractivity (Wildman–Crippen MR) is 171 cm³/mol. The monoisotopic (exact) mass is 545 g/mol. The summed E-state index contributed by atoms with van der Waals surface area (Å²) in [4.78, 5) is 0. The van der Waals surface area contributed by atoms with Gasteiger partial charge in [0.05, 0.1) is 49.8 Å². The Labute approximate surface area is 240 Å². The lowest BCUT2D eigenvalue weighted by atomic mass is 10.1. The number of para-hydroxylation sites is 2. The van der Waals surface area contributed by atoms with E-state index in [-0.39, 0.29) is 6.61 Å². The van der Waals surface area contributed by atoms with Crippen LogP contribution in [0.5, 0.6) is 0 Å². The Morgan fingerprint density at radius 2 is 1.27 bits per heavy atom. The van der Waals surface area contributed by atoms with Crippen molar-refractivity contribution in [2.24, 2.45) is 10.2 Å². The summed E-state index contributed by atoms with van der Waals surface area (Å²) in [5.74, 6) is 0. The number of aliphatic hydroxyl groups is 1. The van der Waals surface area contributed by atoms with Crippen LogP contribution in [0, 0.1) is 0 Å². The van der Waals surface area contributed by atoms with E-state index >= 15 is 0 Å². The molecular weight excluding hydrogens is 510 g/mol. The van der Waals surface area contributed by atoms with Gasteiger partial charge in [-0.3, -0.25) is 10.0 Å². The van der Waals surface area contributed by atoms with E-state index < -0.39 is 0 Å². The van der Waals surface area contributed by atoms with Crippen LogP contribution in [0.2, 0.25) is 0 Å². The molecular formula is C34H35N5O2. The second-order valence-corrected chi connectivity index (χ2v) is 9.47. The number of aryl methyl sites for hydroxylation is 1. The molecule has 1 aromatic heterocycles. The number of ether oxygens (including phenoxy) is 1. The summed E-state index contributed by atoms with van der Waals surface area (Å²) in [5, 5.41) is 25.1. The zero-order valence-electron chi connectivity index (χ0n) is 23.3. The van der Waals surface area contributed by atoms with Gasteiger partial charge in [0.15, 0.2) is 0 Å². The molecule has 0 saturated carbocycles. The molecule has 0 aliphatic carbocycles. The van der Waals surface area contributed by atoms with Crippen molar-refractivity contribution in [3.05, 3.63) is 121 Å². The van der Waals surface area contributed by atoms with Crippen LogP contribution in [0.25, 0.3) is 21.8 Å². The number of hydrogen-bond acceptors (Lipinski definition) is 6. The first-order valence-electron chi connectivity index (χ1n) is 13.8. The maximum atomic E-state index is 9.57. The van der Waals surface area contributed by atoms with Crippen molar-refractivity contribution < 1.29 is 9.84 Å². The fourth-order valence-corrected chi connectivity index (χ4v) is 4.94. The molecule has 1 N–H and O–H groups in total. The average molecular weight is 546 g/mol. The number of benzene rings is 4. The van der Waals surface area contributed by atoms with E-state index in [1.165, 1.54) is 17.3 Å². The summed E-state index contributed by atoms with van der Waals surface area (Å²) in [6, 6.07) is 32.8. The molecule has 41 heavy (non-hydrogen) atoms. The molecule has 0 aliphatic rings. The normalized spacial score (nSPS) is 11.6. The molecule has 0 saturated heterocycles. The molecule has 1 heterocycles. The molecule has 0 fully saturated rings. The van der Waals surface area contributed by atoms with Crippen LogP contribution in [-0.4, -0.2) is 48.4 Å². The minimum absolute atomic E-state index is 0.0164. The zero-order chi connectivity index (χ0) is 28.4. The van der Waals surface area contributed by atoms with E-state index in [9.17, 15) is 5.11 Å². The van der Waals surface area contributed by atoms with Gasteiger partial charge in [0, 0.05) is 28.4 Å². The van der Waals surface area contributed by atoms with Gasteiger partial charge in [-0.1, -0.05) is 55.1 Å². The maximum Gasteiger partial charge on any atom is 0.107 e. The molecule has 0 amide bonds. The number of nitrogens with zero attached hydrogens (tertiary/aromatic N) is 5. The van der Waals surface area contributed by atoms with Crippen molar-refractivity contribution in [2.45, 2.75) is 13.5 Å². The van der Waals surface area contributed by atoms with Gasteiger partial charge in [0.25, 0.3) is 0 Å². The number of rotatable bonds is 13. The maximum absolute atomic E-state index is 9.57. The summed E-state index contributed by atoms with van der Waals surface area (Å²) in [5.41, 5.74) is 6.29. The van der Waals surface area contributed by atoms with Gasteiger partial charge in [-0.05, 0) is 66.6 Å². The van der Waals surface area contributed by atoms with Crippen molar-refractivity contribution in [1.29, 1.82) is 0 Å². The lowest BCUT2D eigenvalue weighted by molar-refractivity contribution is 0.258. The van der Waals surface area contributed by atoms with Crippen LogP contribution in [0.15, 0.2) is 120 Å². The largest absolute Gasteiger partial charge is 0.500 e. The molecule has 5 aromatic rings. The Kier molecular flexibility index (Phi) is 9.08. The minimum atomic E-state index is 0.0164. The first-order valence-corrected chi connectivity index (χ1v) is 13.8.